The highest BCUT2D eigenvalue weighted by Crippen LogP contribution is 2.46. The number of carbonyl (C=O) groups is 2. The molecule has 7 nitrogen and oxygen atoms in total. The summed E-state index contributed by atoms with van der Waals surface area (Å²) in [5.74, 6) is -2.45. The van der Waals surface area contributed by atoms with E-state index in [0.29, 0.717) is 0 Å². The number of nitrogens with one attached hydrogen (secondary N) is 1. The Kier molecular flexibility index (Phi) is 6.63. The summed E-state index contributed by atoms with van der Waals surface area (Å²) in [5.41, 5.74) is 4.38. The average Bonchev–Trinajstić information content (AvgIpc) is 3.09. The molecule has 11 heteroatoms. The van der Waals surface area contributed by atoms with Crippen molar-refractivity contribution >= 4 is 60.1 Å². The summed E-state index contributed by atoms with van der Waals surface area (Å²) in [6.07, 6.45) is -0.827. The Labute approximate surface area is 200 Å². The lowest BCUT2D eigenvalue weighted by Gasteiger charge is -2.19. The van der Waals surface area contributed by atoms with Crippen LogP contribution < -0.4 is 11.1 Å². The third kappa shape index (κ3) is 4.62. The van der Waals surface area contributed by atoms with Gasteiger partial charge in [-0.1, -0.05) is 22.0 Å². The fraction of sp³-hybridized carbons (Fsp3) is 0.227. The van der Waals surface area contributed by atoms with Crippen molar-refractivity contribution in [2.45, 2.75) is 26.4 Å². The second kappa shape index (κ2) is 8.96. The van der Waals surface area contributed by atoms with E-state index in [-0.39, 0.29) is 41.8 Å². The highest BCUT2D eigenvalue weighted by Gasteiger charge is 2.27. The summed E-state index contributed by atoms with van der Waals surface area (Å²) in [6, 6.07) is 5.64. The maximum Gasteiger partial charge on any atom is 0.412 e. The summed E-state index contributed by atoms with van der Waals surface area (Å²) in [6.45, 7) is 5.01. The van der Waals surface area contributed by atoms with Crippen LogP contribution >= 0.6 is 27.3 Å². The van der Waals surface area contributed by atoms with E-state index in [4.69, 9.17) is 10.5 Å². The predicted octanol–water partition coefficient (Wildman–Crippen LogP) is 6.20. The molecule has 33 heavy (non-hydrogen) atoms. The number of rotatable bonds is 3. The number of anilines is 2. The van der Waals surface area contributed by atoms with Gasteiger partial charge in [-0.15, -0.1) is 11.3 Å². The van der Waals surface area contributed by atoms with E-state index in [1.54, 1.807) is 20.8 Å². The summed E-state index contributed by atoms with van der Waals surface area (Å²) in [5, 5.41) is 12.4. The number of fused-ring (bicyclic) bond motifs is 1. The molecule has 0 fully saturated rings. The number of nitrogens with two attached hydrogens (primary N) is 1. The van der Waals surface area contributed by atoms with Crippen LogP contribution in [0.5, 0.6) is 0 Å². The number of halogens is 3. The third-order valence-corrected chi connectivity index (χ3v) is 6.19. The number of nitrogen functional groups attached to an aromatic ring is 1. The quantitative estimate of drug-likeness (QED) is 0.303. The molecule has 0 atom stereocenters. The number of methoxy groups -OCH3 is 1. The van der Waals surface area contributed by atoms with E-state index >= 15 is 4.39 Å². The number of carbonyl (C=O) groups excluding carboxylic acids is 2. The summed E-state index contributed by atoms with van der Waals surface area (Å²) < 4.78 is 40.0. The smallest absolute Gasteiger partial charge is 0.412 e. The number of amides is 1. The summed E-state index contributed by atoms with van der Waals surface area (Å²) in [4.78, 5) is 24.2. The minimum Gasteiger partial charge on any atom is -0.465 e. The van der Waals surface area contributed by atoms with Crippen LogP contribution in [-0.4, -0.2) is 24.8 Å². The number of hydrogen-bond acceptors (Lipinski definition) is 7. The lowest BCUT2D eigenvalue weighted by atomic mass is 9.96. The van der Waals surface area contributed by atoms with Gasteiger partial charge in [0.2, 0.25) is 0 Å². The molecule has 0 aliphatic heterocycles. The molecule has 3 N–H and O–H groups in total. The van der Waals surface area contributed by atoms with Crippen LogP contribution in [0.3, 0.4) is 0 Å². The van der Waals surface area contributed by atoms with E-state index < -0.39 is 35.0 Å². The van der Waals surface area contributed by atoms with Crippen LogP contribution in [0.15, 0.2) is 22.7 Å². The van der Waals surface area contributed by atoms with Crippen molar-refractivity contribution in [1.82, 2.24) is 0 Å². The molecule has 172 valence electrons. The molecular weight excluding hydrogens is 520 g/mol. The molecule has 2 aromatic carbocycles. The number of ether oxygens (including phenoxy) is 2. The first-order valence-electron chi connectivity index (χ1n) is 9.40. The largest absolute Gasteiger partial charge is 0.465 e. The van der Waals surface area contributed by atoms with Crippen LogP contribution in [0.2, 0.25) is 0 Å². The fourth-order valence-corrected chi connectivity index (χ4v) is 4.82. The van der Waals surface area contributed by atoms with Crippen molar-refractivity contribution in [3.8, 4) is 17.2 Å². The number of esters is 1. The minimum absolute atomic E-state index is 0.0250. The van der Waals surface area contributed by atoms with Crippen molar-refractivity contribution in [2.24, 2.45) is 0 Å². The van der Waals surface area contributed by atoms with E-state index in [2.05, 4.69) is 26.0 Å². The van der Waals surface area contributed by atoms with Crippen LogP contribution in [-0.2, 0) is 9.47 Å². The minimum atomic E-state index is -0.950. The van der Waals surface area contributed by atoms with Crippen LogP contribution in [0, 0.1) is 23.0 Å². The first-order chi connectivity index (χ1) is 15.4. The second-order valence-corrected chi connectivity index (χ2v) is 9.72. The highest BCUT2D eigenvalue weighted by atomic mass is 79.9. The fourth-order valence-electron chi connectivity index (χ4n) is 3.13. The van der Waals surface area contributed by atoms with Gasteiger partial charge in [-0.3, -0.25) is 5.32 Å². The second-order valence-electron chi connectivity index (χ2n) is 7.84. The van der Waals surface area contributed by atoms with Gasteiger partial charge < -0.3 is 15.2 Å². The molecule has 0 saturated heterocycles. The Hall–Kier alpha value is -3.23. The number of benzene rings is 2. The SMILES string of the molecule is COC(=O)c1cc(Br)c(-c2ccc(F)c3sc(NC(=O)OC(C)(C)C)c(C#N)c23)c(F)c1N. The molecule has 0 aliphatic rings. The molecule has 1 heterocycles. The van der Waals surface area contributed by atoms with E-state index in [1.165, 1.54) is 12.1 Å². The van der Waals surface area contributed by atoms with Gasteiger partial charge in [-0.05, 0) is 38.5 Å². The normalized spacial score (nSPS) is 11.2. The van der Waals surface area contributed by atoms with Crippen molar-refractivity contribution in [3.05, 3.63) is 45.4 Å². The Morgan fingerprint density at radius 2 is 1.94 bits per heavy atom. The lowest BCUT2D eigenvalue weighted by molar-refractivity contribution is 0.0598. The van der Waals surface area contributed by atoms with Gasteiger partial charge >= 0.3 is 12.1 Å². The molecule has 0 spiro atoms. The van der Waals surface area contributed by atoms with Crippen molar-refractivity contribution in [3.63, 3.8) is 0 Å². The zero-order chi connectivity index (χ0) is 24.7. The van der Waals surface area contributed by atoms with Gasteiger partial charge in [0, 0.05) is 15.4 Å². The van der Waals surface area contributed by atoms with Gasteiger partial charge in [0.25, 0.3) is 0 Å². The molecule has 0 radical (unpaired) electrons. The Bertz CT molecular complexity index is 1340. The molecule has 0 unspecified atom stereocenters. The molecule has 0 bridgehead atoms. The molecule has 3 rings (SSSR count). The van der Waals surface area contributed by atoms with Gasteiger partial charge in [0.15, 0.2) is 5.82 Å². The maximum absolute atomic E-state index is 15.3. The number of nitriles is 1. The summed E-state index contributed by atoms with van der Waals surface area (Å²) in [7, 11) is 1.13. The first kappa shape index (κ1) is 24.4. The average molecular weight is 538 g/mol. The predicted molar refractivity (Wildman–Crippen MR) is 125 cm³/mol. The van der Waals surface area contributed by atoms with Gasteiger partial charge in [0.1, 0.15) is 22.5 Å². The van der Waals surface area contributed by atoms with Crippen molar-refractivity contribution < 1.29 is 27.8 Å². The third-order valence-electron chi connectivity index (χ3n) is 4.45. The van der Waals surface area contributed by atoms with Crippen molar-refractivity contribution in [1.29, 1.82) is 5.26 Å². The maximum atomic E-state index is 15.3. The number of thiophene rings is 1. The van der Waals surface area contributed by atoms with Gasteiger partial charge in [-0.2, -0.15) is 5.26 Å². The zero-order valence-electron chi connectivity index (χ0n) is 17.9. The van der Waals surface area contributed by atoms with Gasteiger partial charge in [-0.25, -0.2) is 18.4 Å². The molecule has 1 amide bonds. The Balaban J connectivity index is 2.27. The number of nitrogens with zero attached hydrogens (tertiary/aromatic N) is 1. The molecular formula is C22H18BrF2N3O4S. The molecule has 1 aromatic heterocycles. The highest BCUT2D eigenvalue weighted by molar-refractivity contribution is 9.10. The zero-order valence-corrected chi connectivity index (χ0v) is 20.3. The monoisotopic (exact) mass is 537 g/mol. The molecule has 0 aliphatic carbocycles. The topological polar surface area (TPSA) is 114 Å². The summed E-state index contributed by atoms with van der Waals surface area (Å²) >= 11 is 4.04. The standard InChI is InChI=1S/C22H18BrF2N3O4S/c1-22(2,3)32-21(30)28-19-11(8-26)14-9(5-6-13(24)18(14)33-19)15-12(23)7-10(20(29)31-4)17(27)16(15)25/h5-7H,27H2,1-4H3,(H,28,30). The number of hydrogen-bond donors (Lipinski definition) is 2. The van der Waals surface area contributed by atoms with Crippen LogP contribution in [0.1, 0.15) is 36.7 Å². The lowest BCUT2D eigenvalue weighted by Crippen LogP contribution is -2.27. The molecule has 3 aromatic rings. The Morgan fingerprint density at radius 1 is 1.27 bits per heavy atom. The van der Waals surface area contributed by atoms with Crippen molar-refractivity contribution in [2.75, 3.05) is 18.2 Å². The van der Waals surface area contributed by atoms with Gasteiger partial charge in [0.05, 0.1) is 28.6 Å². The van der Waals surface area contributed by atoms with Crippen LogP contribution in [0.25, 0.3) is 21.2 Å². The van der Waals surface area contributed by atoms with Crippen LogP contribution in [0.4, 0.5) is 24.3 Å². The van der Waals surface area contributed by atoms with E-state index in [0.717, 1.165) is 24.5 Å². The van der Waals surface area contributed by atoms with E-state index in [9.17, 15) is 19.2 Å². The molecule has 0 saturated carbocycles. The van der Waals surface area contributed by atoms with E-state index in [1.807, 2.05) is 6.07 Å². The Morgan fingerprint density at radius 3 is 2.52 bits per heavy atom. The first-order valence-corrected chi connectivity index (χ1v) is 11.0.